The molecule has 4 aromatic rings. The van der Waals surface area contributed by atoms with Crippen LogP contribution >= 0.6 is 0 Å². The number of pyridine rings is 1. The van der Waals surface area contributed by atoms with Gasteiger partial charge >= 0.3 is 0 Å². The van der Waals surface area contributed by atoms with Crippen molar-refractivity contribution in [2.24, 2.45) is 0 Å². The van der Waals surface area contributed by atoms with Gasteiger partial charge in [0.2, 0.25) is 0 Å². The predicted molar refractivity (Wildman–Crippen MR) is 147 cm³/mol. The zero-order valence-electron chi connectivity index (χ0n) is 21.7. The van der Waals surface area contributed by atoms with Gasteiger partial charge in [0.25, 0.3) is 5.91 Å². The van der Waals surface area contributed by atoms with E-state index in [1.165, 1.54) is 12.1 Å². The number of nitrogens with zero attached hydrogens (tertiary/aromatic N) is 3. The second-order valence-electron chi connectivity index (χ2n) is 9.84. The maximum atomic E-state index is 14.5. The van der Waals surface area contributed by atoms with Gasteiger partial charge in [-0.15, -0.1) is 0 Å². The molecule has 1 fully saturated rings. The van der Waals surface area contributed by atoms with Gasteiger partial charge in [0.1, 0.15) is 11.6 Å². The van der Waals surface area contributed by atoms with E-state index in [1.54, 1.807) is 37.4 Å². The summed E-state index contributed by atoms with van der Waals surface area (Å²) in [6, 6.07) is 18.2. The minimum atomic E-state index is -0.365. The van der Waals surface area contributed by atoms with Crippen molar-refractivity contribution in [1.82, 2.24) is 15.2 Å². The molecule has 0 bridgehead atoms. The monoisotopic (exact) mass is 508 g/mol. The Kier molecular flexibility index (Phi) is 7.08. The lowest BCUT2D eigenvalue weighted by molar-refractivity contribution is 0.0786. The first-order chi connectivity index (χ1) is 18.4. The summed E-state index contributed by atoms with van der Waals surface area (Å²) in [4.78, 5) is 20.5. The van der Waals surface area contributed by atoms with Gasteiger partial charge in [0, 0.05) is 36.8 Å². The van der Waals surface area contributed by atoms with Gasteiger partial charge in [0.05, 0.1) is 29.8 Å². The summed E-state index contributed by atoms with van der Waals surface area (Å²) in [5.74, 6) is 0.0565. The Balaban J connectivity index is 1.71. The van der Waals surface area contributed by atoms with Crippen LogP contribution in [-0.4, -0.2) is 49.1 Å². The number of fused-ring (bicyclic) bond motifs is 1. The summed E-state index contributed by atoms with van der Waals surface area (Å²) >= 11 is 0. The van der Waals surface area contributed by atoms with E-state index in [4.69, 9.17) is 4.74 Å². The van der Waals surface area contributed by atoms with E-state index >= 15 is 0 Å². The molecule has 1 aromatic heterocycles. The Hall–Kier alpha value is -4.28. The number of amides is 1. The number of halogens is 1. The van der Waals surface area contributed by atoms with Crippen LogP contribution in [0.2, 0.25) is 0 Å². The maximum absolute atomic E-state index is 14.5. The van der Waals surface area contributed by atoms with Crippen molar-refractivity contribution in [1.29, 1.82) is 5.26 Å². The molecule has 38 heavy (non-hydrogen) atoms. The third kappa shape index (κ3) is 5.09. The molecule has 0 spiro atoms. The molecule has 5 rings (SSSR count). The summed E-state index contributed by atoms with van der Waals surface area (Å²) in [6.45, 7) is 3.35. The molecule has 1 aliphatic heterocycles. The number of carbonyl (C=O) groups excluding carboxylic acids is 1. The molecule has 0 aliphatic carbocycles. The lowest BCUT2D eigenvalue weighted by Gasteiger charge is -2.24. The van der Waals surface area contributed by atoms with Crippen molar-refractivity contribution in [3.05, 3.63) is 83.3 Å². The highest BCUT2D eigenvalue weighted by Gasteiger charge is 2.25. The molecule has 7 heteroatoms. The number of methoxy groups -OCH3 is 1. The Morgan fingerprint density at radius 2 is 2.00 bits per heavy atom. The third-order valence-electron chi connectivity index (χ3n) is 7.04. The quantitative estimate of drug-likeness (QED) is 0.360. The molecule has 0 saturated carbocycles. The average molecular weight is 509 g/mol. The molecule has 2 heterocycles. The van der Waals surface area contributed by atoms with Crippen molar-refractivity contribution in [3.63, 3.8) is 0 Å². The van der Waals surface area contributed by atoms with Crippen LogP contribution in [0.15, 0.2) is 60.8 Å². The van der Waals surface area contributed by atoms with Crippen LogP contribution in [0.3, 0.4) is 0 Å². The summed E-state index contributed by atoms with van der Waals surface area (Å²) in [7, 11) is 3.37. The van der Waals surface area contributed by atoms with Crippen molar-refractivity contribution in [2.45, 2.75) is 25.8 Å². The van der Waals surface area contributed by atoms with E-state index in [1.807, 2.05) is 37.3 Å². The summed E-state index contributed by atoms with van der Waals surface area (Å²) < 4.78 is 19.9. The van der Waals surface area contributed by atoms with Crippen molar-refractivity contribution >= 4 is 16.8 Å². The van der Waals surface area contributed by atoms with Gasteiger partial charge in [-0.05, 0) is 91.0 Å². The normalized spacial score (nSPS) is 14.9. The smallest absolute Gasteiger partial charge is 0.255 e. The van der Waals surface area contributed by atoms with E-state index in [0.717, 1.165) is 36.1 Å². The number of ether oxygens (including phenoxy) is 1. The van der Waals surface area contributed by atoms with Crippen LogP contribution in [0.5, 0.6) is 5.75 Å². The third-order valence-corrected chi connectivity index (χ3v) is 7.04. The lowest BCUT2D eigenvalue weighted by Crippen LogP contribution is -2.38. The molecule has 1 aliphatic rings. The summed E-state index contributed by atoms with van der Waals surface area (Å²) in [6.07, 6.45) is 3.77. The molecule has 1 saturated heterocycles. The van der Waals surface area contributed by atoms with Gasteiger partial charge in [-0.3, -0.25) is 9.78 Å². The summed E-state index contributed by atoms with van der Waals surface area (Å²) in [5.41, 5.74) is 5.16. The molecule has 1 N–H and O–H groups in total. The Labute approximate surface area is 221 Å². The molecular weight excluding hydrogens is 479 g/mol. The Morgan fingerprint density at radius 3 is 2.71 bits per heavy atom. The molecule has 1 amide bonds. The molecule has 192 valence electrons. The molecule has 0 unspecified atom stereocenters. The fourth-order valence-electron chi connectivity index (χ4n) is 5.18. The molecular formula is C31H29FN4O2. The van der Waals surface area contributed by atoms with Gasteiger partial charge in [-0.2, -0.15) is 5.26 Å². The van der Waals surface area contributed by atoms with E-state index < -0.39 is 0 Å². The molecule has 6 nitrogen and oxygen atoms in total. The number of rotatable bonds is 6. The van der Waals surface area contributed by atoms with Gasteiger partial charge in [0.15, 0.2) is 0 Å². The highest BCUT2D eigenvalue weighted by molar-refractivity contribution is 6.12. The lowest BCUT2D eigenvalue weighted by atomic mass is 9.93. The topological polar surface area (TPSA) is 78.2 Å². The fraction of sp³-hybridized carbons (Fsp3) is 0.258. The second-order valence-corrected chi connectivity index (χ2v) is 9.84. The van der Waals surface area contributed by atoms with E-state index in [2.05, 4.69) is 16.4 Å². The zero-order chi connectivity index (χ0) is 26.8. The number of aromatic nitrogens is 1. The summed E-state index contributed by atoms with van der Waals surface area (Å²) in [5, 5.41) is 13.6. The fourth-order valence-corrected chi connectivity index (χ4v) is 5.18. The number of hydrogen-bond donors (Lipinski definition) is 1. The highest BCUT2D eigenvalue weighted by Crippen LogP contribution is 2.34. The number of benzene rings is 3. The minimum Gasteiger partial charge on any atom is -0.497 e. The first kappa shape index (κ1) is 25.4. The van der Waals surface area contributed by atoms with E-state index in [-0.39, 0.29) is 17.8 Å². The minimum absolute atomic E-state index is 0.150. The Morgan fingerprint density at radius 1 is 1.16 bits per heavy atom. The number of hydrogen-bond acceptors (Lipinski definition) is 5. The highest BCUT2D eigenvalue weighted by atomic mass is 19.1. The number of nitriles is 1. The van der Waals surface area contributed by atoms with Crippen LogP contribution in [0, 0.1) is 24.1 Å². The first-order valence-corrected chi connectivity index (χ1v) is 12.6. The molecule has 0 radical (unpaired) electrons. The van der Waals surface area contributed by atoms with Crippen molar-refractivity contribution < 1.29 is 13.9 Å². The van der Waals surface area contributed by atoms with Crippen LogP contribution in [0.1, 0.15) is 34.3 Å². The van der Waals surface area contributed by atoms with Crippen LogP contribution in [0.4, 0.5) is 4.39 Å². The van der Waals surface area contributed by atoms with Crippen molar-refractivity contribution in [3.8, 4) is 34.1 Å². The largest absolute Gasteiger partial charge is 0.497 e. The van der Waals surface area contributed by atoms with Crippen LogP contribution < -0.4 is 10.1 Å². The van der Waals surface area contributed by atoms with Crippen LogP contribution in [0.25, 0.3) is 33.2 Å². The van der Waals surface area contributed by atoms with E-state index in [9.17, 15) is 14.4 Å². The van der Waals surface area contributed by atoms with Gasteiger partial charge in [-0.1, -0.05) is 12.1 Å². The standard InChI is InChI=1S/C31H29FN4O2/c1-19-9-23(13-24(32)10-19)28-17-35-29-7-6-21(22-11-20(16-33)12-26(14-22)38-3)15-27(29)30(28)31(37)36(2)18-25-5-4-8-34-25/h6-7,9-15,17,25,34H,4-5,8,18H2,1-3H3/t25-/m0/s1. The van der Waals surface area contributed by atoms with Crippen LogP contribution in [-0.2, 0) is 0 Å². The maximum Gasteiger partial charge on any atom is 0.255 e. The average Bonchev–Trinajstić information content (AvgIpc) is 3.43. The van der Waals surface area contributed by atoms with Gasteiger partial charge < -0.3 is 15.0 Å². The van der Waals surface area contributed by atoms with Crippen molar-refractivity contribution in [2.75, 3.05) is 27.2 Å². The molecule has 1 atom stereocenters. The predicted octanol–water partition coefficient (Wildman–Crippen LogP) is 5.72. The second kappa shape index (κ2) is 10.6. The SMILES string of the molecule is COc1cc(C#N)cc(-c2ccc3ncc(-c4cc(C)cc(F)c4)c(C(=O)N(C)C[C@@H]4CCCN4)c3c2)c1. The number of carbonyl (C=O) groups is 1. The first-order valence-electron chi connectivity index (χ1n) is 12.6. The number of aryl methyl sites for hydroxylation is 1. The van der Waals surface area contributed by atoms with Gasteiger partial charge in [-0.25, -0.2) is 4.39 Å². The Bertz CT molecular complexity index is 1550. The zero-order valence-corrected chi connectivity index (χ0v) is 21.7. The number of likely N-dealkylation sites (N-methyl/N-ethyl adjacent to an activating group) is 1. The number of nitrogens with one attached hydrogen (secondary N) is 1. The molecule has 3 aromatic carbocycles. The van der Waals surface area contributed by atoms with E-state index in [0.29, 0.717) is 45.5 Å².